The number of benzene rings is 2. The van der Waals surface area contributed by atoms with Crippen LogP contribution in [-0.2, 0) is 17.8 Å². The highest BCUT2D eigenvalue weighted by Crippen LogP contribution is 2.35. The first-order valence-electron chi connectivity index (χ1n) is 12.0. The average molecular weight is 473 g/mol. The first kappa shape index (κ1) is 24.1. The zero-order valence-electron chi connectivity index (χ0n) is 20.5. The number of carbonyl (C=O) groups is 1. The van der Waals surface area contributed by atoms with E-state index < -0.39 is 5.97 Å². The third kappa shape index (κ3) is 5.09. The first-order chi connectivity index (χ1) is 17.1. The quantitative estimate of drug-likeness (QED) is 0.243. The van der Waals surface area contributed by atoms with E-state index in [1.54, 1.807) is 6.20 Å². The zero-order valence-corrected chi connectivity index (χ0v) is 20.5. The number of aromatic nitrogens is 2. The van der Waals surface area contributed by atoms with Crippen molar-refractivity contribution >= 4 is 28.5 Å². The largest absolute Gasteiger partial charge is 0.465 e. The fraction of sp³-hybridized carbons (Fsp3) is 0.286. The molecule has 2 heterocycles. The van der Waals surface area contributed by atoms with E-state index in [2.05, 4.69) is 41.0 Å². The summed E-state index contributed by atoms with van der Waals surface area (Å²) in [7, 11) is 1.35. The maximum Gasteiger partial charge on any atom is 0.340 e. The van der Waals surface area contributed by atoms with Crippen LogP contribution in [0.3, 0.4) is 0 Å². The molecule has 35 heavy (non-hydrogen) atoms. The molecule has 4 aromatic rings. The number of hydrogen-bond acceptors (Lipinski definition) is 6. The summed E-state index contributed by atoms with van der Waals surface area (Å²) in [5, 5.41) is 12.0. The maximum atomic E-state index is 12.6. The molecule has 0 atom stereocenters. The Hall–Kier alpha value is -4.00. The third-order valence-electron chi connectivity index (χ3n) is 6.11. The van der Waals surface area contributed by atoms with Crippen LogP contribution in [0.2, 0.25) is 0 Å². The van der Waals surface area contributed by atoms with Crippen molar-refractivity contribution in [2.45, 2.75) is 33.4 Å². The predicted octanol–water partition coefficient (Wildman–Crippen LogP) is 5.50. The first-order valence-corrected chi connectivity index (χ1v) is 12.0. The lowest BCUT2D eigenvalue weighted by atomic mass is 10.1. The summed E-state index contributed by atoms with van der Waals surface area (Å²) in [6.45, 7) is 6.82. The van der Waals surface area contributed by atoms with Crippen molar-refractivity contribution in [1.82, 2.24) is 9.71 Å². The van der Waals surface area contributed by atoms with E-state index in [-0.39, 0.29) is 0 Å². The van der Waals surface area contributed by atoms with Crippen LogP contribution in [0.5, 0.6) is 0 Å². The van der Waals surface area contributed by atoms with Gasteiger partial charge in [0.15, 0.2) is 5.82 Å². The molecule has 4 rings (SSSR count). The van der Waals surface area contributed by atoms with Crippen LogP contribution in [-0.4, -0.2) is 41.1 Å². The van der Waals surface area contributed by atoms with Gasteiger partial charge in [0, 0.05) is 37.8 Å². The van der Waals surface area contributed by atoms with Gasteiger partial charge >= 0.3 is 5.97 Å². The van der Waals surface area contributed by atoms with Crippen molar-refractivity contribution in [3.8, 4) is 0 Å². The monoisotopic (exact) mass is 472 g/mol. The Morgan fingerprint density at radius 1 is 0.971 bits per heavy atom. The Kier molecular flexibility index (Phi) is 7.55. The molecular weight excluding hydrogens is 440 g/mol. The number of hydrogen-bond donors (Lipinski definition) is 1. The summed E-state index contributed by atoms with van der Waals surface area (Å²) in [4.78, 5) is 21.5. The van der Waals surface area contributed by atoms with Crippen LogP contribution in [0.1, 0.15) is 41.8 Å². The highest BCUT2D eigenvalue weighted by molar-refractivity contribution is 6.07. The van der Waals surface area contributed by atoms with Gasteiger partial charge in [-0.2, -0.15) is 4.73 Å². The topological polar surface area (TPSA) is 70.8 Å². The summed E-state index contributed by atoms with van der Waals surface area (Å²) in [6.07, 6.45) is 2.48. The second-order valence-corrected chi connectivity index (χ2v) is 8.47. The van der Waals surface area contributed by atoms with Crippen LogP contribution in [0.15, 0.2) is 72.9 Å². The second-order valence-electron chi connectivity index (χ2n) is 8.47. The fourth-order valence-electron chi connectivity index (χ4n) is 4.41. The van der Waals surface area contributed by atoms with E-state index in [9.17, 15) is 10.0 Å². The molecule has 0 aliphatic heterocycles. The smallest absolute Gasteiger partial charge is 0.340 e. The molecule has 0 spiro atoms. The number of fused-ring (bicyclic) bond motifs is 1. The molecule has 0 aliphatic carbocycles. The molecule has 1 N–H and O–H groups in total. The van der Waals surface area contributed by atoms with Crippen LogP contribution >= 0.6 is 0 Å². The Balaban J connectivity index is 1.91. The third-order valence-corrected chi connectivity index (χ3v) is 6.11. The van der Waals surface area contributed by atoms with Gasteiger partial charge in [-0.05, 0) is 30.5 Å². The van der Waals surface area contributed by atoms with Crippen LogP contribution in [0.25, 0.3) is 10.9 Å². The zero-order chi connectivity index (χ0) is 24.8. The Labute approximate surface area is 206 Å². The number of esters is 1. The number of anilines is 2. The molecule has 0 fully saturated rings. The molecule has 0 saturated heterocycles. The van der Waals surface area contributed by atoms with Gasteiger partial charge in [0.2, 0.25) is 0 Å². The molecule has 0 radical (unpaired) electrons. The van der Waals surface area contributed by atoms with E-state index in [0.717, 1.165) is 30.6 Å². The molecule has 0 saturated carbocycles. The van der Waals surface area contributed by atoms with E-state index in [4.69, 9.17) is 9.72 Å². The predicted molar refractivity (Wildman–Crippen MR) is 139 cm³/mol. The van der Waals surface area contributed by atoms with Crippen molar-refractivity contribution in [2.75, 3.05) is 30.0 Å². The van der Waals surface area contributed by atoms with E-state index in [0.29, 0.717) is 41.2 Å². The summed E-state index contributed by atoms with van der Waals surface area (Å²) < 4.78 is 6.20. The molecule has 0 unspecified atom stereocenters. The van der Waals surface area contributed by atoms with Gasteiger partial charge in [0.05, 0.1) is 12.7 Å². The summed E-state index contributed by atoms with van der Waals surface area (Å²) in [6, 6.07) is 22.2. The molecule has 7 nitrogen and oxygen atoms in total. The van der Waals surface area contributed by atoms with Crippen molar-refractivity contribution in [1.29, 1.82) is 0 Å². The summed E-state index contributed by atoms with van der Waals surface area (Å²) >= 11 is 0. The highest BCUT2D eigenvalue weighted by atomic mass is 16.5. The van der Waals surface area contributed by atoms with Crippen molar-refractivity contribution in [2.24, 2.45) is 0 Å². The molecule has 2 aromatic heterocycles. The number of pyridine rings is 1. The minimum atomic E-state index is -0.484. The van der Waals surface area contributed by atoms with Gasteiger partial charge < -0.3 is 19.7 Å². The molecule has 7 heteroatoms. The molecular formula is C28H32N4O3. The lowest BCUT2D eigenvalue weighted by molar-refractivity contribution is 0.0602. The number of nitrogens with zero attached hydrogens (tertiary/aromatic N) is 4. The highest BCUT2D eigenvalue weighted by Gasteiger charge is 2.25. The minimum absolute atomic E-state index is 0.326. The molecule has 182 valence electrons. The lowest BCUT2D eigenvalue weighted by Gasteiger charge is -2.26. The van der Waals surface area contributed by atoms with Crippen molar-refractivity contribution < 1.29 is 14.7 Å². The number of rotatable bonds is 10. The fourth-order valence-corrected chi connectivity index (χ4v) is 4.41. The van der Waals surface area contributed by atoms with Gasteiger partial charge in [0.25, 0.3) is 0 Å². The molecule has 0 amide bonds. The van der Waals surface area contributed by atoms with Crippen molar-refractivity contribution in [3.63, 3.8) is 0 Å². The van der Waals surface area contributed by atoms with Crippen LogP contribution in [0, 0.1) is 0 Å². The van der Waals surface area contributed by atoms with Gasteiger partial charge in [-0.15, -0.1) is 0 Å². The SMILES string of the molecule is CCCN(CC)c1cc2c(C(=O)OC)cnc(N(Cc3ccccc3)Cc3ccccc3)c2n1O. The van der Waals surface area contributed by atoms with Crippen LogP contribution < -0.4 is 9.80 Å². The Morgan fingerprint density at radius 3 is 2.09 bits per heavy atom. The Morgan fingerprint density at radius 2 is 1.57 bits per heavy atom. The number of methoxy groups -OCH3 is 1. The summed E-state index contributed by atoms with van der Waals surface area (Å²) in [5.74, 6) is 0.743. The standard InChI is InChI=1S/C28H32N4O3/c1-4-16-30(5-2)25-17-23-24(28(33)35-3)18-29-27(26(23)32(25)34)31(19-21-12-8-6-9-13-21)20-22-14-10-7-11-15-22/h6-15,17-18,34H,4-5,16,19-20H2,1-3H3. The van der Waals surface area contributed by atoms with Crippen molar-refractivity contribution in [3.05, 3.63) is 89.6 Å². The summed E-state index contributed by atoms with van der Waals surface area (Å²) in [5.41, 5.74) is 3.05. The lowest BCUT2D eigenvalue weighted by Crippen LogP contribution is -2.26. The van der Waals surface area contributed by atoms with E-state index in [1.165, 1.54) is 11.8 Å². The molecule has 0 bridgehead atoms. The van der Waals surface area contributed by atoms with Gasteiger partial charge in [-0.25, -0.2) is 9.78 Å². The minimum Gasteiger partial charge on any atom is -0.465 e. The van der Waals surface area contributed by atoms with Crippen LogP contribution in [0.4, 0.5) is 11.6 Å². The Bertz CT molecular complexity index is 1230. The normalized spacial score (nSPS) is 10.9. The number of carbonyl (C=O) groups excluding carboxylic acids is 1. The molecule has 0 aliphatic rings. The van der Waals surface area contributed by atoms with E-state index >= 15 is 0 Å². The van der Waals surface area contributed by atoms with Gasteiger partial charge in [-0.3, -0.25) is 0 Å². The van der Waals surface area contributed by atoms with E-state index in [1.807, 2.05) is 49.4 Å². The van der Waals surface area contributed by atoms with Gasteiger partial charge in [0.1, 0.15) is 11.3 Å². The van der Waals surface area contributed by atoms with Gasteiger partial charge in [-0.1, -0.05) is 67.6 Å². The number of ether oxygens (including phenoxy) is 1. The molecule has 2 aromatic carbocycles. The average Bonchev–Trinajstić information content (AvgIpc) is 3.24. The maximum absolute atomic E-state index is 12.6. The second kappa shape index (κ2) is 11.0.